The van der Waals surface area contributed by atoms with Crippen molar-refractivity contribution in [2.24, 2.45) is 5.73 Å². The fourth-order valence-electron chi connectivity index (χ4n) is 2.27. The average molecular weight is 234 g/mol. The zero-order valence-electron chi connectivity index (χ0n) is 11.1. The highest BCUT2D eigenvalue weighted by Crippen LogP contribution is 2.31. The van der Waals surface area contributed by atoms with Crippen LogP contribution < -0.4 is 5.73 Å². The van der Waals surface area contributed by atoms with Gasteiger partial charge >= 0.3 is 0 Å². The van der Waals surface area contributed by atoms with Crippen LogP contribution in [0.4, 0.5) is 0 Å². The van der Waals surface area contributed by atoms with Crippen molar-refractivity contribution >= 4 is 5.70 Å². The van der Waals surface area contributed by atoms with Crippen LogP contribution in [0.25, 0.3) is 5.70 Å². The van der Waals surface area contributed by atoms with E-state index in [4.69, 9.17) is 5.73 Å². The van der Waals surface area contributed by atoms with E-state index in [9.17, 15) is 0 Å². The Hall–Kier alpha value is -1.31. The molecule has 2 heteroatoms. The predicted octanol–water partition coefficient (Wildman–Crippen LogP) is 4.33. The van der Waals surface area contributed by atoms with Gasteiger partial charge in [0.1, 0.15) is 0 Å². The summed E-state index contributed by atoms with van der Waals surface area (Å²) in [6.07, 6.45) is 8.43. The van der Waals surface area contributed by atoms with E-state index < -0.39 is 0 Å². The van der Waals surface area contributed by atoms with Crippen molar-refractivity contribution in [3.63, 3.8) is 0 Å². The van der Waals surface area contributed by atoms with E-state index in [1.807, 2.05) is 26.1 Å². The predicted molar refractivity (Wildman–Crippen MR) is 76.7 cm³/mol. The van der Waals surface area contributed by atoms with E-state index in [0.29, 0.717) is 11.6 Å². The molecule has 1 saturated carbocycles. The SMILES string of the molecule is C=C(N)c1ccnc(C2CCCCC2)c1.CC.[HH]. The normalized spacial score (nSPS) is 15.9. The van der Waals surface area contributed by atoms with Crippen molar-refractivity contribution in [3.05, 3.63) is 36.2 Å². The molecule has 1 heterocycles. The maximum absolute atomic E-state index is 5.69. The van der Waals surface area contributed by atoms with Crippen molar-refractivity contribution in [1.82, 2.24) is 4.98 Å². The number of nitrogens with zero attached hydrogens (tertiary/aromatic N) is 1. The first kappa shape index (κ1) is 13.8. The lowest BCUT2D eigenvalue weighted by Crippen LogP contribution is -2.07. The van der Waals surface area contributed by atoms with Gasteiger partial charge in [0, 0.05) is 30.5 Å². The summed E-state index contributed by atoms with van der Waals surface area (Å²) in [5.41, 5.74) is 8.54. The highest BCUT2D eigenvalue weighted by molar-refractivity contribution is 5.60. The molecule has 0 aromatic carbocycles. The van der Waals surface area contributed by atoms with Gasteiger partial charge in [0.15, 0.2) is 0 Å². The third-order valence-corrected chi connectivity index (χ3v) is 3.18. The maximum Gasteiger partial charge on any atom is 0.0441 e. The van der Waals surface area contributed by atoms with Crippen molar-refractivity contribution in [2.45, 2.75) is 51.9 Å². The lowest BCUT2D eigenvalue weighted by molar-refractivity contribution is 0.436. The third-order valence-electron chi connectivity index (χ3n) is 3.18. The lowest BCUT2D eigenvalue weighted by Gasteiger charge is -2.21. The molecular weight excluding hydrogens is 208 g/mol. The van der Waals surface area contributed by atoms with Gasteiger partial charge in [-0.2, -0.15) is 0 Å². The Morgan fingerprint density at radius 1 is 1.35 bits per heavy atom. The molecule has 1 aliphatic rings. The van der Waals surface area contributed by atoms with E-state index in [2.05, 4.69) is 17.6 Å². The summed E-state index contributed by atoms with van der Waals surface area (Å²) in [5, 5.41) is 0. The monoisotopic (exact) mass is 234 g/mol. The van der Waals surface area contributed by atoms with Gasteiger partial charge in [-0.25, -0.2) is 0 Å². The Balaban J connectivity index is 0.000000917. The van der Waals surface area contributed by atoms with Gasteiger partial charge in [0.05, 0.1) is 0 Å². The summed E-state index contributed by atoms with van der Waals surface area (Å²) in [4.78, 5) is 4.45. The first-order chi connectivity index (χ1) is 8.27. The van der Waals surface area contributed by atoms with Gasteiger partial charge < -0.3 is 5.73 Å². The number of rotatable bonds is 2. The van der Waals surface area contributed by atoms with Crippen LogP contribution in [0.1, 0.15) is 64.6 Å². The molecule has 0 aliphatic heterocycles. The molecule has 2 N–H and O–H groups in total. The van der Waals surface area contributed by atoms with Crippen LogP contribution in [-0.2, 0) is 0 Å². The Morgan fingerprint density at radius 2 is 2.00 bits per heavy atom. The molecule has 1 aliphatic carbocycles. The maximum atomic E-state index is 5.69. The van der Waals surface area contributed by atoms with E-state index in [0.717, 1.165) is 5.56 Å². The van der Waals surface area contributed by atoms with Crippen molar-refractivity contribution in [2.75, 3.05) is 0 Å². The standard InChI is InChI=1S/C13H18N2.C2H6.H2/c1-10(14)12-7-8-15-13(9-12)11-5-3-2-4-6-11;1-2;/h7-9,11H,1-6,14H2;1-2H3;1H. The molecule has 2 nitrogen and oxygen atoms in total. The molecule has 0 amide bonds. The smallest absolute Gasteiger partial charge is 0.0441 e. The summed E-state index contributed by atoms with van der Waals surface area (Å²) in [6.45, 7) is 7.76. The van der Waals surface area contributed by atoms with Crippen LogP contribution in [0, 0.1) is 0 Å². The van der Waals surface area contributed by atoms with Gasteiger partial charge in [-0.3, -0.25) is 4.98 Å². The molecule has 0 unspecified atom stereocenters. The topological polar surface area (TPSA) is 38.9 Å². The fraction of sp³-hybridized carbons (Fsp3) is 0.533. The van der Waals surface area contributed by atoms with Crippen LogP contribution in [0.5, 0.6) is 0 Å². The van der Waals surface area contributed by atoms with E-state index in [1.165, 1.54) is 37.8 Å². The first-order valence-electron chi connectivity index (χ1n) is 6.68. The van der Waals surface area contributed by atoms with Crippen LogP contribution in [-0.4, -0.2) is 4.98 Å². The third kappa shape index (κ3) is 3.88. The van der Waals surface area contributed by atoms with Crippen LogP contribution in [0.3, 0.4) is 0 Å². The van der Waals surface area contributed by atoms with Crippen LogP contribution >= 0.6 is 0 Å². The number of aromatic nitrogens is 1. The summed E-state index contributed by atoms with van der Waals surface area (Å²) >= 11 is 0. The number of hydrogen-bond acceptors (Lipinski definition) is 2. The first-order valence-corrected chi connectivity index (χ1v) is 6.68. The van der Waals surface area contributed by atoms with Crippen LogP contribution in [0.2, 0.25) is 0 Å². The Bertz CT molecular complexity index is 357. The molecule has 0 spiro atoms. The molecule has 0 atom stereocenters. The molecular formula is C15H26N2. The van der Waals surface area contributed by atoms with Gasteiger partial charge in [-0.1, -0.05) is 39.7 Å². The van der Waals surface area contributed by atoms with Crippen molar-refractivity contribution in [1.29, 1.82) is 0 Å². The molecule has 0 radical (unpaired) electrons. The molecule has 1 aromatic rings. The van der Waals surface area contributed by atoms with Gasteiger partial charge in [-0.15, -0.1) is 0 Å². The molecule has 96 valence electrons. The lowest BCUT2D eigenvalue weighted by atomic mass is 9.86. The minimum Gasteiger partial charge on any atom is -0.399 e. The number of pyridine rings is 1. The summed E-state index contributed by atoms with van der Waals surface area (Å²) in [5.74, 6) is 0.637. The van der Waals surface area contributed by atoms with Crippen LogP contribution in [0.15, 0.2) is 24.9 Å². The number of nitrogens with two attached hydrogens (primary N) is 1. The van der Waals surface area contributed by atoms with E-state index in [-0.39, 0.29) is 1.43 Å². The second-order valence-electron chi connectivity index (χ2n) is 4.33. The van der Waals surface area contributed by atoms with Crippen molar-refractivity contribution in [3.8, 4) is 0 Å². The number of hydrogen-bond donors (Lipinski definition) is 1. The van der Waals surface area contributed by atoms with E-state index in [1.54, 1.807) is 0 Å². The molecule has 0 bridgehead atoms. The Morgan fingerprint density at radius 3 is 2.59 bits per heavy atom. The largest absolute Gasteiger partial charge is 0.399 e. The van der Waals surface area contributed by atoms with Gasteiger partial charge in [-0.05, 0) is 25.0 Å². The summed E-state index contributed by atoms with van der Waals surface area (Å²) < 4.78 is 0. The summed E-state index contributed by atoms with van der Waals surface area (Å²) in [6, 6.07) is 4.02. The van der Waals surface area contributed by atoms with E-state index >= 15 is 0 Å². The van der Waals surface area contributed by atoms with Crippen molar-refractivity contribution < 1.29 is 1.43 Å². The van der Waals surface area contributed by atoms with Gasteiger partial charge in [0.2, 0.25) is 0 Å². The fourth-order valence-corrected chi connectivity index (χ4v) is 2.27. The average Bonchev–Trinajstić information content (AvgIpc) is 2.42. The highest BCUT2D eigenvalue weighted by atomic mass is 14.7. The minimum absolute atomic E-state index is 0. The molecule has 0 saturated heterocycles. The zero-order chi connectivity index (χ0) is 12.7. The Kier molecular flexibility index (Phi) is 5.75. The minimum atomic E-state index is 0. The molecule has 1 fully saturated rings. The zero-order valence-corrected chi connectivity index (χ0v) is 11.1. The molecule has 2 rings (SSSR count). The summed E-state index contributed by atoms with van der Waals surface area (Å²) in [7, 11) is 0. The molecule has 17 heavy (non-hydrogen) atoms. The van der Waals surface area contributed by atoms with Gasteiger partial charge in [0.25, 0.3) is 0 Å². The quantitative estimate of drug-likeness (QED) is 0.827. The molecule has 1 aromatic heterocycles. The Labute approximate surface area is 106 Å². The second-order valence-corrected chi connectivity index (χ2v) is 4.33. The highest BCUT2D eigenvalue weighted by Gasteiger charge is 2.16. The second kappa shape index (κ2) is 7.10.